The summed E-state index contributed by atoms with van der Waals surface area (Å²) >= 11 is 5.05. The van der Waals surface area contributed by atoms with Crippen LogP contribution in [0, 0.1) is 6.92 Å². The lowest BCUT2D eigenvalue weighted by Crippen LogP contribution is -2.35. The molecule has 0 radical (unpaired) electrons. The first-order valence-electron chi connectivity index (χ1n) is 5.24. The van der Waals surface area contributed by atoms with Gasteiger partial charge in [-0.3, -0.25) is 5.10 Å². The van der Waals surface area contributed by atoms with Gasteiger partial charge in [-0.15, -0.1) is 0 Å². The number of rotatable bonds is 5. The number of thiocarbonyl (C=S) groups is 1. The van der Waals surface area contributed by atoms with Crippen molar-refractivity contribution >= 4 is 17.3 Å². The summed E-state index contributed by atoms with van der Waals surface area (Å²) in [6.07, 6.45) is 3.98. The van der Waals surface area contributed by atoms with E-state index in [1.807, 2.05) is 20.0 Å². The van der Waals surface area contributed by atoms with Crippen molar-refractivity contribution in [1.82, 2.24) is 20.8 Å². The Bertz CT molecular complexity index is 308. The van der Waals surface area contributed by atoms with E-state index in [9.17, 15) is 0 Å². The zero-order chi connectivity index (χ0) is 11.1. The van der Waals surface area contributed by atoms with Crippen LogP contribution in [0.3, 0.4) is 0 Å². The molecular weight excluding hydrogens is 208 g/mol. The Hall–Kier alpha value is -1.10. The average Bonchev–Trinajstić information content (AvgIpc) is 2.60. The molecule has 3 N–H and O–H groups in total. The van der Waals surface area contributed by atoms with Crippen molar-refractivity contribution in [2.24, 2.45) is 0 Å². The Morgan fingerprint density at radius 1 is 1.53 bits per heavy atom. The van der Waals surface area contributed by atoms with Crippen LogP contribution >= 0.6 is 12.2 Å². The first-order valence-corrected chi connectivity index (χ1v) is 5.65. The minimum Gasteiger partial charge on any atom is -0.363 e. The highest BCUT2D eigenvalue weighted by Crippen LogP contribution is 2.04. The van der Waals surface area contributed by atoms with Gasteiger partial charge in [0, 0.05) is 18.8 Å². The summed E-state index contributed by atoms with van der Waals surface area (Å²) in [5.74, 6) is 0. The van der Waals surface area contributed by atoms with E-state index in [-0.39, 0.29) is 0 Å². The highest BCUT2D eigenvalue weighted by molar-refractivity contribution is 7.80. The molecule has 0 aliphatic rings. The fraction of sp³-hybridized carbons (Fsp3) is 0.600. The molecule has 1 heterocycles. The summed E-state index contributed by atoms with van der Waals surface area (Å²) in [7, 11) is 0. The van der Waals surface area contributed by atoms with Crippen LogP contribution in [0.4, 0.5) is 0 Å². The molecule has 0 spiro atoms. The van der Waals surface area contributed by atoms with Crippen LogP contribution in [0.1, 0.15) is 24.6 Å². The lowest BCUT2D eigenvalue weighted by Gasteiger charge is -2.07. The highest BCUT2D eigenvalue weighted by atomic mass is 32.1. The largest absolute Gasteiger partial charge is 0.363 e. The minimum absolute atomic E-state index is 0.737. The topological polar surface area (TPSA) is 52.7 Å². The standard InChI is InChI=1S/C10H18N4S/c1-3-11-10(15)12-6-4-5-9-7-13-14-8(9)2/h7H,3-6H2,1-2H3,(H,13,14)(H2,11,12,15). The second kappa shape index (κ2) is 6.40. The summed E-state index contributed by atoms with van der Waals surface area (Å²) in [5.41, 5.74) is 2.44. The Morgan fingerprint density at radius 3 is 2.93 bits per heavy atom. The Morgan fingerprint density at radius 2 is 2.33 bits per heavy atom. The first kappa shape index (κ1) is 12.0. The van der Waals surface area contributed by atoms with Gasteiger partial charge in [0.05, 0.1) is 6.20 Å². The smallest absolute Gasteiger partial charge is 0.166 e. The normalized spacial score (nSPS) is 10.0. The maximum absolute atomic E-state index is 5.05. The number of aromatic amines is 1. The molecule has 0 unspecified atom stereocenters. The average molecular weight is 226 g/mol. The van der Waals surface area contributed by atoms with Crippen molar-refractivity contribution in [1.29, 1.82) is 0 Å². The molecule has 0 saturated carbocycles. The molecule has 4 nitrogen and oxygen atoms in total. The molecule has 0 aliphatic heterocycles. The van der Waals surface area contributed by atoms with E-state index < -0.39 is 0 Å². The van der Waals surface area contributed by atoms with E-state index in [1.165, 1.54) is 5.56 Å². The van der Waals surface area contributed by atoms with Crippen LogP contribution in [-0.4, -0.2) is 28.4 Å². The zero-order valence-corrected chi connectivity index (χ0v) is 10.1. The fourth-order valence-electron chi connectivity index (χ4n) is 1.33. The Kier molecular flexibility index (Phi) is 5.10. The van der Waals surface area contributed by atoms with Gasteiger partial charge >= 0.3 is 0 Å². The molecule has 0 aliphatic carbocycles. The number of hydrogen-bond donors (Lipinski definition) is 3. The number of aryl methyl sites for hydroxylation is 2. The lowest BCUT2D eigenvalue weighted by molar-refractivity contribution is 0.757. The van der Waals surface area contributed by atoms with Crippen molar-refractivity contribution in [3.63, 3.8) is 0 Å². The third-order valence-corrected chi connectivity index (χ3v) is 2.47. The number of aromatic nitrogens is 2. The second-order valence-corrected chi connectivity index (χ2v) is 3.82. The molecule has 0 bridgehead atoms. The van der Waals surface area contributed by atoms with Crippen LogP contribution in [0.5, 0.6) is 0 Å². The molecule has 0 aromatic carbocycles. The fourth-order valence-corrected chi connectivity index (χ4v) is 1.58. The van der Waals surface area contributed by atoms with E-state index in [0.717, 1.165) is 36.7 Å². The molecule has 0 fully saturated rings. The summed E-state index contributed by atoms with van der Waals surface area (Å²) in [4.78, 5) is 0. The molecule has 84 valence electrons. The second-order valence-electron chi connectivity index (χ2n) is 3.41. The quantitative estimate of drug-likeness (QED) is 0.520. The van der Waals surface area contributed by atoms with Gasteiger partial charge in [0.25, 0.3) is 0 Å². The summed E-state index contributed by atoms with van der Waals surface area (Å²) in [6.45, 7) is 5.84. The van der Waals surface area contributed by atoms with Crippen LogP contribution in [0.25, 0.3) is 0 Å². The number of nitrogens with one attached hydrogen (secondary N) is 3. The molecule has 5 heteroatoms. The van der Waals surface area contributed by atoms with E-state index >= 15 is 0 Å². The molecule has 15 heavy (non-hydrogen) atoms. The van der Waals surface area contributed by atoms with Crippen molar-refractivity contribution in [3.05, 3.63) is 17.5 Å². The Labute approximate surface area is 95.8 Å². The van der Waals surface area contributed by atoms with Crippen molar-refractivity contribution in [2.45, 2.75) is 26.7 Å². The molecule has 0 amide bonds. The molecule has 1 aromatic rings. The van der Waals surface area contributed by atoms with Gasteiger partial charge < -0.3 is 10.6 Å². The van der Waals surface area contributed by atoms with Crippen molar-refractivity contribution < 1.29 is 0 Å². The van der Waals surface area contributed by atoms with E-state index in [0.29, 0.717) is 0 Å². The van der Waals surface area contributed by atoms with E-state index in [2.05, 4.69) is 20.8 Å². The maximum Gasteiger partial charge on any atom is 0.166 e. The molecule has 0 saturated heterocycles. The van der Waals surface area contributed by atoms with Gasteiger partial charge in [0.2, 0.25) is 0 Å². The van der Waals surface area contributed by atoms with Gasteiger partial charge in [-0.2, -0.15) is 5.10 Å². The Balaban J connectivity index is 2.12. The predicted molar refractivity (Wildman–Crippen MR) is 65.9 cm³/mol. The minimum atomic E-state index is 0.737. The monoisotopic (exact) mass is 226 g/mol. The van der Waals surface area contributed by atoms with E-state index in [4.69, 9.17) is 12.2 Å². The third-order valence-electron chi connectivity index (χ3n) is 2.18. The third kappa shape index (κ3) is 4.29. The van der Waals surface area contributed by atoms with E-state index in [1.54, 1.807) is 0 Å². The molecule has 1 aromatic heterocycles. The van der Waals surface area contributed by atoms with Crippen LogP contribution in [0.2, 0.25) is 0 Å². The SMILES string of the molecule is CCNC(=S)NCCCc1cn[nH]c1C. The van der Waals surface area contributed by atoms with Gasteiger partial charge in [-0.1, -0.05) is 0 Å². The molecular formula is C10H18N4S. The molecule has 0 atom stereocenters. The predicted octanol–water partition coefficient (Wildman–Crippen LogP) is 1.13. The van der Waals surface area contributed by atoms with Crippen LogP contribution in [-0.2, 0) is 6.42 Å². The number of nitrogens with zero attached hydrogens (tertiary/aromatic N) is 1. The first-order chi connectivity index (χ1) is 7.24. The zero-order valence-electron chi connectivity index (χ0n) is 9.26. The van der Waals surface area contributed by atoms with Crippen LogP contribution in [0.15, 0.2) is 6.20 Å². The number of hydrogen-bond acceptors (Lipinski definition) is 2. The molecule has 1 rings (SSSR count). The summed E-state index contributed by atoms with van der Waals surface area (Å²) < 4.78 is 0. The highest BCUT2D eigenvalue weighted by Gasteiger charge is 1.99. The van der Waals surface area contributed by atoms with Crippen molar-refractivity contribution in [2.75, 3.05) is 13.1 Å². The lowest BCUT2D eigenvalue weighted by atomic mass is 10.1. The number of H-pyrrole nitrogens is 1. The summed E-state index contributed by atoms with van der Waals surface area (Å²) in [6, 6.07) is 0. The van der Waals surface area contributed by atoms with Gasteiger partial charge in [-0.25, -0.2) is 0 Å². The van der Waals surface area contributed by atoms with Gasteiger partial charge in [-0.05, 0) is 44.5 Å². The van der Waals surface area contributed by atoms with Gasteiger partial charge in [0.15, 0.2) is 5.11 Å². The van der Waals surface area contributed by atoms with Crippen molar-refractivity contribution in [3.8, 4) is 0 Å². The summed E-state index contributed by atoms with van der Waals surface area (Å²) in [5, 5.41) is 13.9. The maximum atomic E-state index is 5.05. The van der Waals surface area contributed by atoms with Gasteiger partial charge in [0.1, 0.15) is 0 Å². The van der Waals surface area contributed by atoms with Crippen LogP contribution < -0.4 is 10.6 Å².